The fraction of sp³-hybridized carbons (Fsp3) is 0.188. The number of hydrogen-bond donors (Lipinski definition) is 0. The van der Waals surface area contributed by atoms with Crippen LogP contribution < -0.4 is 0 Å². The number of nitro groups is 1. The summed E-state index contributed by atoms with van der Waals surface area (Å²) in [5.74, 6) is 0.407. The highest BCUT2D eigenvalue weighted by Gasteiger charge is 2.24. The fourth-order valence-corrected chi connectivity index (χ4v) is 3.09. The molecule has 2 aromatic heterocycles. The lowest BCUT2D eigenvalue weighted by molar-refractivity contribution is -0.380. The van der Waals surface area contributed by atoms with Crippen LogP contribution in [-0.2, 0) is 0 Å². The van der Waals surface area contributed by atoms with Gasteiger partial charge in [0, 0.05) is 18.5 Å². The first-order valence-corrected chi connectivity index (χ1v) is 7.79. The minimum absolute atomic E-state index is 0.0434. The standard InChI is InChI=1S/C16H14N2O4S/c1-10(13-9-11-5-3-4-6-12(11)22-13)17(2)16(19)14-7-8-15(23-14)18(20)21/h3-10H,1-2H3/t10-/m0/s1. The molecule has 118 valence electrons. The lowest BCUT2D eigenvalue weighted by Crippen LogP contribution is -2.28. The van der Waals surface area contributed by atoms with E-state index in [2.05, 4.69) is 0 Å². The van der Waals surface area contributed by atoms with Crippen molar-refractivity contribution in [2.24, 2.45) is 0 Å². The molecule has 3 rings (SSSR count). The van der Waals surface area contributed by atoms with Gasteiger partial charge in [0.1, 0.15) is 11.3 Å². The zero-order valence-electron chi connectivity index (χ0n) is 12.6. The number of fused-ring (bicyclic) bond motifs is 1. The van der Waals surface area contributed by atoms with Gasteiger partial charge in [0.15, 0.2) is 0 Å². The van der Waals surface area contributed by atoms with Gasteiger partial charge in [-0.2, -0.15) is 0 Å². The highest BCUT2D eigenvalue weighted by Crippen LogP contribution is 2.30. The van der Waals surface area contributed by atoms with Crippen LogP contribution in [0.3, 0.4) is 0 Å². The molecule has 0 spiro atoms. The molecule has 3 aromatic rings. The molecule has 0 N–H and O–H groups in total. The molecular formula is C16H14N2O4S. The lowest BCUT2D eigenvalue weighted by atomic mass is 10.2. The Hall–Kier alpha value is -2.67. The monoisotopic (exact) mass is 330 g/mol. The van der Waals surface area contributed by atoms with Crippen LogP contribution in [0.1, 0.15) is 28.4 Å². The van der Waals surface area contributed by atoms with Crippen molar-refractivity contribution in [3.8, 4) is 0 Å². The molecule has 0 unspecified atom stereocenters. The molecule has 0 bridgehead atoms. The van der Waals surface area contributed by atoms with Gasteiger partial charge in [-0.05, 0) is 25.1 Å². The van der Waals surface area contributed by atoms with Gasteiger partial charge in [-0.25, -0.2) is 0 Å². The number of carbonyl (C=O) groups excluding carboxylic acids is 1. The first-order chi connectivity index (χ1) is 11.0. The molecule has 23 heavy (non-hydrogen) atoms. The topological polar surface area (TPSA) is 76.6 Å². The predicted octanol–water partition coefficient (Wildman–Crippen LogP) is 4.24. The van der Waals surface area contributed by atoms with Crippen LogP contribution in [0.5, 0.6) is 0 Å². The molecule has 6 nitrogen and oxygen atoms in total. The van der Waals surface area contributed by atoms with Gasteiger partial charge in [-0.1, -0.05) is 29.5 Å². The van der Waals surface area contributed by atoms with E-state index in [0.29, 0.717) is 10.6 Å². The van der Waals surface area contributed by atoms with E-state index in [1.54, 1.807) is 7.05 Å². The Balaban J connectivity index is 1.84. The van der Waals surface area contributed by atoms with Gasteiger partial charge in [0.05, 0.1) is 15.8 Å². The summed E-state index contributed by atoms with van der Waals surface area (Å²) in [7, 11) is 1.66. The molecule has 0 fully saturated rings. The number of rotatable bonds is 4. The summed E-state index contributed by atoms with van der Waals surface area (Å²) in [6.45, 7) is 1.86. The van der Waals surface area contributed by atoms with Crippen molar-refractivity contribution in [1.82, 2.24) is 4.90 Å². The van der Waals surface area contributed by atoms with E-state index in [9.17, 15) is 14.9 Å². The van der Waals surface area contributed by atoms with Crippen molar-refractivity contribution in [3.63, 3.8) is 0 Å². The summed E-state index contributed by atoms with van der Waals surface area (Å²) >= 11 is 0.874. The van der Waals surface area contributed by atoms with Gasteiger partial charge in [0.2, 0.25) is 0 Å². The zero-order chi connectivity index (χ0) is 16.6. The number of carbonyl (C=O) groups is 1. The number of thiophene rings is 1. The third-order valence-electron chi connectivity index (χ3n) is 3.74. The average molecular weight is 330 g/mol. The maximum Gasteiger partial charge on any atom is 0.324 e. The summed E-state index contributed by atoms with van der Waals surface area (Å²) in [5, 5.41) is 11.7. The Kier molecular flexibility index (Phi) is 3.87. The SMILES string of the molecule is C[C@@H](c1cc2ccccc2o1)N(C)C(=O)c1ccc([N+](=O)[O-])s1. The molecular weight excluding hydrogens is 316 g/mol. The van der Waals surface area contributed by atoms with Crippen LogP contribution >= 0.6 is 11.3 Å². The summed E-state index contributed by atoms with van der Waals surface area (Å²) in [6.07, 6.45) is 0. The quantitative estimate of drug-likeness (QED) is 0.529. The first kappa shape index (κ1) is 15.2. The number of benzene rings is 1. The highest BCUT2D eigenvalue weighted by atomic mass is 32.1. The Bertz CT molecular complexity index is 850. The fourth-order valence-electron chi connectivity index (χ4n) is 2.29. The summed E-state index contributed by atoms with van der Waals surface area (Å²) in [6, 6.07) is 12.1. The molecule has 0 aliphatic rings. The zero-order valence-corrected chi connectivity index (χ0v) is 13.4. The smallest absolute Gasteiger partial charge is 0.324 e. The van der Waals surface area contributed by atoms with Gasteiger partial charge in [0.25, 0.3) is 5.91 Å². The molecule has 0 saturated heterocycles. The van der Waals surface area contributed by atoms with E-state index < -0.39 is 4.92 Å². The molecule has 1 amide bonds. The summed E-state index contributed by atoms with van der Waals surface area (Å²) < 4.78 is 5.78. The summed E-state index contributed by atoms with van der Waals surface area (Å²) in [4.78, 5) is 24.6. The van der Waals surface area contributed by atoms with Crippen molar-refractivity contribution < 1.29 is 14.1 Å². The molecule has 0 radical (unpaired) electrons. The van der Waals surface area contributed by atoms with Gasteiger partial charge < -0.3 is 9.32 Å². The number of furan rings is 1. The Morgan fingerprint density at radius 3 is 2.70 bits per heavy atom. The first-order valence-electron chi connectivity index (χ1n) is 6.97. The predicted molar refractivity (Wildman–Crippen MR) is 87.7 cm³/mol. The molecule has 0 aliphatic heterocycles. The number of para-hydroxylation sites is 1. The molecule has 2 heterocycles. The van der Waals surface area contributed by atoms with E-state index in [1.165, 1.54) is 17.0 Å². The minimum atomic E-state index is -0.496. The minimum Gasteiger partial charge on any atom is -0.459 e. The Labute approximate surface area is 136 Å². The van der Waals surface area contributed by atoms with E-state index in [4.69, 9.17) is 4.42 Å². The molecule has 0 saturated carbocycles. The van der Waals surface area contributed by atoms with Crippen molar-refractivity contribution >= 4 is 33.2 Å². The summed E-state index contributed by atoms with van der Waals surface area (Å²) in [5.41, 5.74) is 0.766. The van der Waals surface area contributed by atoms with Crippen molar-refractivity contribution in [1.29, 1.82) is 0 Å². The average Bonchev–Trinajstić information content (AvgIpc) is 3.19. The van der Waals surface area contributed by atoms with Gasteiger partial charge in [-0.3, -0.25) is 14.9 Å². The van der Waals surface area contributed by atoms with Crippen molar-refractivity contribution in [2.45, 2.75) is 13.0 Å². The number of amides is 1. The van der Waals surface area contributed by atoms with Gasteiger partial charge >= 0.3 is 5.00 Å². The lowest BCUT2D eigenvalue weighted by Gasteiger charge is -2.22. The van der Waals surface area contributed by atoms with Crippen LogP contribution in [0.2, 0.25) is 0 Å². The number of hydrogen-bond acceptors (Lipinski definition) is 5. The highest BCUT2D eigenvalue weighted by molar-refractivity contribution is 7.17. The van der Waals surface area contributed by atoms with E-state index in [-0.39, 0.29) is 17.0 Å². The maximum absolute atomic E-state index is 12.5. The van der Waals surface area contributed by atoms with Crippen LogP contribution in [0, 0.1) is 10.1 Å². The van der Waals surface area contributed by atoms with Crippen LogP contribution in [0.25, 0.3) is 11.0 Å². The van der Waals surface area contributed by atoms with Crippen LogP contribution in [0.4, 0.5) is 5.00 Å². The maximum atomic E-state index is 12.5. The van der Waals surface area contributed by atoms with Crippen molar-refractivity contribution in [2.75, 3.05) is 7.05 Å². The van der Waals surface area contributed by atoms with E-state index in [1.807, 2.05) is 37.3 Å². The van der Waals surface area contributed by atoms with Crippen molar-refractivity contribution in [3.05, 3.63) is 63.2 Å². The second kappa shape index (κ2) is 5.85. The normalized spacial score (nSPS) is 12.3. The largest absolute Gasteiger partial charge is 0.459 e. The van der Waals surface area contributed by atoms with Crippen LogP contribution in [-0.4, -0.2) is 22.8 Å². The second-order valence-corrected chi connectivity index (χ2v) is 6.24. The van der Waals surface area contributed by atoms with E-state index >= 15 is 0 Å². The third kappa shape index (κ3) is 2.83. The van der Waals surface area contributed by atoms with E-state index in [0.717, 1.165) is 22.3 Å². The van der Waals surface area contributed by atoms with Crippen LogP contribution in [0.15, 0.2) is 46.9 Å². The Morgan fingerprint density at radius 1 is 1.30 bits per heavy atom. The second-order valence-electron chi connectivity index (χ2n) is 5.17. The molecule has 7 heteroatoms. The Morgan fingerprint density at radius 2 is 2.04 bits per heavy atom. The molecule has 1 aromatic carbocycles. The molecule has 0 aliphatic carbocycles. The number of nitrogens with zero attached hydrogens (tertiary/aromatic N) is 2. The third-order valence-corrected chi connectivity index (χ3v) is 4.77. The van der Waals surface area contributed by atoms with Gasteiger partial charge in [-0.15, -0.1) is 0 Å². The molecule has 1 atom stereocenters.